The van der Waals surface area contributed by atoms with Gasteiger partial charge in [-0.2, -0.15) is 0 Å². The van der Waals surface area contributed by atoms with E-state index < -0.39 is 0 Å². The van der Waals surface area contributed by atoms with Gasteiger partial charge >= 0.3 is 0 Å². The molecule has 2 nitrogen and oxygen atoms in total. The second kappa shape index (κ2) is 19.6. The maximum absolute atomic E-state index is 3.62. The van der Waals surface area contributed by atoms with Gasteiger partial charge in [0.2, 0.25) is 0 Å². The minimum absolute atomic E-state index is 0.146. The maximum atomic E-state index is 3.62. The van der Waals surface area contributed by atoms with E-state index in [2.05, 4.69) is 281 Å². The molecule has 57 heavy (non-hydrogen) atoms. The van der Waals surface area contributed by atoms with Gasteiger partial charge in [-0.3, -0.25) is 0 Å². The van der Waals surface area contributed by atoms with Crippen molar-refractivity contribution in [2.24, 2.45) is 0 Å². The third-order valence-electron chi connectivity index (χ3n) is 9.63. The highest BCUT2D eigenvalue weighted by Crippen LogP contribution is 2.38. The third kappa shape index (κ3) is 14.4. The predicted octanol–water partition coefficient (Wildman–Crippen LogP) is 17.6. The van der Waals surface area contributed by atoms with Crippen molar-refractivity contribution >= 4 is 82.9 Å². The normalized spacial score (nSPS) is 11.8. The Balaban J connectivity index is 0.000000217. The average molecular weight is 1000 g/mol. The van der Waals surface area contributed by atoms with Crippen LogP contribution in [0.25, 0.3) is 0 Å². The Labute approximate surface area is 375 Å². The van der Waals surface area contributed by atoms with E-state index in [0.29, 0.717) is 0 Å². The highest BCUT2D eigenvalue weighted by molar-refractivity contribution is 14.1. The first-order chi connectivity index (χ1) is 26.5. The number of hydrogen-bond acceptors (Lipinski definition) is 2. The molecule has 300 valence electrons. The molecular formula is C52H61Br2IN2. The molecule has 5 heteroatoms. The first-order valence-corrected chi connectivity index (χ1v) is 22.3. The Hall–Kier alpha value is -3.39. The van der Waals surface area contributed by atoms with E-state index in [-0.39, 0.29) is 21.7 Å². The zero-order valence-electron chi connectivity index (χ0n) is 35.9. The van der Waals surface area contributed by atoms with Crippen LogP contribution < -0.4 is 10.2 Å². The minimum Gasteiger partial charge on any atom is -0.356 e. The molecule has 0 aliphatic rings. The summed E-state index contributed by atoms with van der Waals surface area (Å²) >= 11 is 9.26. The van der Waals surface area contributed by atoms with Crippen molar-refractivity contribution in [3.05, 3.63) is 180 Å². The molecule has 0 radical (unpaired) electrons. The molecule has 0 saturated carbocycles. The first kappa shape index (κ1) is 46.3. The molecule has 0 saturated heterocycles. The lowest BCUT2D eigenvalue weighted by Gasteiger charge is -2.28. The summed E-state index contributed by atoms with van der Waals surface area (Å²) in [6.07, 6.45) is 0. The van der Waals surface area contributed by atoms with E-state index in [1.165, 1.54) is 25.8 Å². The highest BCUT2D eigenvalue weighted by atomic mass is 127. The van der Waals surface area contributed by atoms with Gasteiger partial charge in [-0.05, 0) is 151 Å². The number of nitrogens with one attached hydrogen (secondary N) is 1. The lowest BCUT2D eigenvalue weighted by molar-refractivity contribution is 0.590. The molecule has 0 fully saturated rings. The van der Waals surface area contributed by atoms with Crippen molar-refractivity contribution in [1.82, 2.24) is 0 Å². The minimum atomic E-state index is 0.146. The smallest absolute Gasteiger partial charge is 0.0472 e. The van der Waals surface area contributed by atoms with Crippen LogP contribution in [0.5, 0.6) is 0 Å². The van der Waals surface area contributed by atoms with Crippen molar-refractivity contribution in [3.63, 3.8) is 0 Å². The summed E-state index contributed by atoms with van der Waals surface area (Å²) in [5.74, 6) is 0. The monoisotopic (exact) mass is 998 g/mol. The summed E-state index contributed by atoms with van der Waals surface area (Å²) in [5, 5.41) is 3.46. The molecule has 0 heterocycles. The van der Waals surface area contributed by atoms with Crippen LogP contribution in [0, 0.1) is 3.57 Å². The Morgan fingerprint density at radius 3 is 0.982 bits per heavy atom. The summed E-state index contributed by atoms with van der Waals surface area (Å²) in [6.45, 7) is 26.9. The van der Waals surface area contributed by atoms with E-state index in [4.69, 9.17) is 0 Å². The number of hydrogen-bond donors (Lipinski definition) is 1. The van der Waals surface area contributed by atoms with Crippen LogP contribution in [0.3, 0.4) is 0 Å². The van der Waals surface area contributed by atoms with Crippen molar-refractivity contribution in [2.75, 3.05) is 10.2 Å². The summed E-state index contributed by atoms with van der Waals surface area (Å²) in [4.78, 5) is 2.31. The maximum Gasteiger partial charge on any atom is 0.0472 e. The van der Waals surface area contributed by atoms with Gasteiger partial charge in [-0.15, -0.1) is 0 Å². The Morgan fingerprint density at radius 1 is 0.386 bits per heavy atom. The fourth-order valence-electron chi connectivity index (χ4n) is 6.02. The Morgan fingerprint density at radius 2 is 0.702 bits per heavy atom. The zero-order valence-corrected chi connectivity index (χ0v) is 41.3. The lowest BCUT2D eigenvalue weighted by atomic mass is 9.86. The Bertz CT molecular complexity index is 2010. The SMILES string of the molecule is Brc1cccc(I)c1.CC(C)(C)c1ccc(N(c2ccc(C(C)(C)C)cc2)c2cccc(Br)c2)cc1.CC(C)(C)c1ccc(Nc2ccc(C(C)(C)C)cc2)cc1. The number of nitrogens with zero attached hydrogens (tertiary/aromatic N) is 1. The van der Waals surface area contributed by atoms with Gasteiger partial charge in [0.15, 0.2) is 0 Å². The van der Waals surface area contributed by atoms with E-state index in [9.17, 15) is 0 Å². The molecule has 0 atom stereocenters. The average Bonchev–Trinajstić information content (AvgIpc) is 3.12. The highest BCUT2D eigenvalue weighted by Gasteiger charge is 2.19. The molecule has 0 aromatic heterocycles. The number of anilines is 5. The summed E-state index contributed by atoms with van der Waals surface area (Å²) in [6, 6.07) is 51.9. The lowest BCUT2D eigenvalue weighted by Crippen LogP contribution is -2.14. The van der Waals surface area contributed by atoms with E-state index in [1.54, 1.807) is 0 Å². The van der Waals surface area contributed by atoms with Crippen LogP contribution >= 0.6 is 54.5 Å². The van der Waals surface area contributed by atoms with E-state index >= 15 is 0 Å². The second-order valence-corrected chi connectivity index (χ2v) is 21.7. The van der Waals surface area contributed by atoms with Crippen LogP contribution in [0.4, 0.5) is 28.4 Å². The van der Waals surface area contributed by atoms with Crippen molar-refractivity contribution in [1.29, 1.82) is 0 Å². The predicted molar refractivity (Wildman–Crippen MR) is 267 cm³/mol. The van der Waals surface area contributed by atoms with Gasteiger partial charge in [-0.1, -0.05) is 176 Å². The molecule has 0 amide bonds. The van der Waals surface area contributed by atoms with Crippen molar-refractivity contribution < 1.29 is 0 Å². The number of benzene rings is 6. The van der Waals surface area contributed by atoms with Gasteiger partial charge in [0.25, 0.3) is 0 Å². The summed E-state index contributed by atoms with van der Waals surface area (Å²) in [5.41, 5.74) is 11.8. The van der Waals surface area contributed by atoms with Gasteiger partial charge in [0, 0.05) is 41.0 Å². The van der Waals surface area contributed by atoms with Gasteiger partial charge in [0.1, 0.15) is 0 Å². The molecule has 6 aromatic carbocycles. The second-order valence-electron chi connectivity index (χ2n) is 18.6. The largest absolute Gasteiger partial charge is 0.356 e. The van der Waals surface area contributed by atoms with Crippen LogP contribution in [0.1, 0.15) is 105 Å². The van der Waals surface area contributed by atoms with Crippen LogP contribution in [-0.2, 0) is 21.7 Å². The van der Waals surface area contributed by atoms with Crippen LogP contribution in [-0.4, -0.2) is 0 Å². The molecule has 0 unspecified atom stereocenters. The molecular weight excluding hydrogens is 939 g/mol. The molecule has 1 N–H and O–H groups in total. The van der Waals surface area contributed by atoms with Gasteiger partial charge in [-0.25, -0.2) is 0 Å². The molecule has 0 bridgehead atoms. The molecule has 6 aromatic rings. The molecule has 0 spiro atoms. The molecule has 0 aliphatic heterocycles. The first-order valence-electron chi connectivity index (χ1n) is 19.7. The number of rotatable bonds is 5. The van der Waals surface area contributed by atoms with Crippen molar-refractivity contribution in [3.8, 4) is 0 Å². The molecule has 6 rings (SSSR count). The topological polar surface area (TPSA) is 15.3 Å². The summed E-state index contributed by atoms with van der Waals surface area (Å²) in [7, 11) is 0. The van der Waals surface area contributed by atoms with E-state index in [0.717, 1.165) is 37.4 Å². The third-order valence-corrected chi connectivity index (χ3v) is 11.3. The fraction of sp³-hybridized carbons (Fsp3) is 0.308. The van der Waals surface area contributed by atoms with Gasteiger partial charge in [0.05, 0.1) is 0 Å². The fourth-order valence-corrected chi connectivity index (χ4v) is 7.77. The Kier molecular flexibility index (Phi) is 15.9. The van der Waals surface area contributed by atoms with Crippen LogP contribution in [0.15, 0.2) is 155 Å². The molecule has 0 aliphatic carbocycles. The zero-order chi connectivity index (χ0) is 42.2. The van der Waals surface area contributed by atoms with Gasteiger partial charge < -0.3 is 10.2 Å². The van der Waals surface area contributed by atoms with Crippen LogP contribution in [0.2, 0.25) is 0 Å². The van der Waals surface area contributed by atoms with Crippen molar-refractivity contribution in [2.45, 2.75) is 105 Å². The standard InChI is InChI=1S/C26H30BrN.C20H27N.C6H4BrI/c1-25(2,3)19-10-14-22(15-11-19)28(24-9-7-8-21(27)18-24)23-16-12-20(13-17-23)26(4,5)6;1-19(2,3)15-7-11-17(12-8-15)21-18-13-9-16(10-14-18)20(4,5)6;7-5-2-1-3-6(8)4-5/h7-18H,1-6H3;7-14,21H,1-6H3;1-4H. The van der Waals surface area contributed by atoms with E-state index in [1.807, 2.05) is 12.1 Å². The number of halogens is 3. The summed E-state index contributed by atoms with van der Waals surface area (Å²) < 4.78 is 3.48. The quantitative estimate of drug-likeness (QED) is 0.173.